The average Bonchev–Trinajstić information content (AvgIpc) is 2.93. The average molecular weight is 306 g/mol. The summed E-state index contributed by atoms with van der Waals surface area (Å²) in [6.45, 7) is 2.18. The lowest BCUT2D eigenvalue weighted by Gasteiger charge is -2.17. The van der Waals surface area contributed by atoms with Gasteiger partial charge >= 0.3 is 0 Å². The lowest BCUT2D eigenvalue weighted by molar-refractivity contribution is -0.126. The maximum absolute atomic E-state index is 12.1. The lowest BCUT2D eigenvalue weighted by atomic mass is 10.2. The van der Waals surface area contributed by atoms with E-state index in [0.29, 0.717) is 11.5 Å². The molecule has 1 saturated heterocycles. The summed E-state index contributed by atoms with van der Waals surface area (Å²) < 4.78 is 5.54. The van der Waals surface area contributed by atoms with Crippen molar-refractivity contribution in [3.8, 4) is 0 Å². The van der Waals surface area contributed by atoms with Crippen LogP contribution in [-0.2, 0) is 14.3 Å². The van der Waals surface area contributed by atoms with E-state index in [2.05, 4.69) is 15.6 Å². The summed E-state index contributed by atoms with van der Waals surface area (Å²) >= 11 is 0. The van der Waals surface area contributed by atoms with Gasteiger partial charge in [-0.15, -0.1) is 0 Å². The standard InChI is InChI=1S/C15H22N4O3/c1-10-4-5-12(22-10)15(21)18-11-6-7-17-13(8-11)19(3)14(20)9-16-2/h6-8,10,12,16H,4-5,9H2,1-3H3,(H,17,18,21). The predicted octanol–water partition coefficient (Wildman–Crippen LogP) is 0.770. The van der Waals surface area contributed by atoms with Crippen LogP contribution in [0.4, 0.5) is 11.5 Å². The van der Waals surface area contributed by atoms with E-state index in [9.17, 15) is 9.59 Å². The Morgan fingerprint density at radius 2 is 2.23 bits per heavy atom. The molecule has 0 spiro atoms. The third-order valence-electron chi connectivity index (χ3n) is 3.58. The number of anilines is 2. The summed E-state index contributed by atoms with van der Waals surface area (Å²) in [6, 6.07) is 3.36. The van der Waals surface area contributed by atoms with Gasteiger partial charge in [-0.3, -0.25) is 14.5 Å². The van der Waals surface area contributed by atoms with Crippen LogP contribution >= 0.6 is 0 Å². The molecule has 1 aromatic heterocycles. The molecule has 1 fully saturated rings. The summed E-state index contributed by atoms with van der Waals surface area (Å²) in [4.78, 5) is 29.6. The molecule has 1 aromatic rings. The number of amides is 2. The van der Waals surface area contributed by atoms with Gasteiger partial charge < -0.3 is 15.4 Å². The van der Waals surface area contributed by atoms with Crippen molar-refractivity contribution in [3.63, 3.8) is 0 Å². The second kappa shape index (κ2) is 7.33. The summed E-state index contributed by atoms with van der Waals surface area (Å²) in [6.07, 6.45) is 2.89. The van der Waals surface area contributed by atoms with Gasteiger partial charge in [0.25, 0.3) is 5.91 Å². The minimum atomic E-state index is -0.407. The Kier molecular flexibility index (Phi) is 5.46. The van der Waals surface area contributed by atoms with Crippen molar-refractivity contribution in [2.24, 2.45) is 0 Å². The van der Waals surface area contributed by atoms with E-state index in [0.717, 1.165) is 12.8 Å². The molecule has 7 heteroatoms. The third kappa shape index (κ3) is 4.02. The number of pyridine rings is 1. The number of hydrogen-bond acceptors (Lipinski definition) is 5. The SMILES string of the molecule is CNCC(=O)N(C)c1cc(NC(=O)C2CCC(C)O2)ccn1. The largest absolute Gasteiger partial charge is 0.365 e. The zero-order valence-electron chi connectivity index (χ0n) is 13.1. The molecule has 0 bridgehead atoms. The Morgan fingerprint density at radius 1 is 1.45 bits per heavy atom. The van der Waals surface area contributed by atoms with Crippen LogP contribution in [0, 0.1) is 0 Å². The number of hydrogen-bond donors (Lipinski definition) is 2. The first-order valence-electron chi connectivity index (χ1n) is 7.34. The Hall–Kier alpha value is -1.99. The van der Waals surface area contributed by atoms with Crippen LogP contribution in [0.3, 0.4) is 0 Å². The van der Waals surface area contributed by atoms with Crippen LogP contribution in [-0.4, -0.2) is 49.6 Å². The number of nitrogens with one attached hydrogen (secondary N) is 2. The fourth-order valence-corrected chi connectivity index (χ4v) is 2.30. The normalized spacial score (nSPS) is 20.7. The highest BCUT2D eigenvalue weighted by molar-refractivity contribution is 5.96. The number of carbonyl (C=O) groups is 2. The van der Waals surface area contributed by atoms with Crippen LogP contribution in [0.5, 0.6) is 0 Å². The molecule has 2 N–H and O–H groups in total. The lowest BCUT2D eigenvalue weighted by Crippen LogP contribution is -2.34. The van der Waals surface area contributed by atoms with Crippen molar-refractivity contribution in [1.82, 2.24) is 10.3 Å². The second-order valence-corrected chi connectivity index (χ2v) is 5.39. The minimum Gasteiger partial charge on any atom is -0.365 e. The van der Waals surface area contributed by atoms with Gasteiger partial charge in [-0.1, -0.05) is 0 Å². The number of aromatic nitrogens is 1. The maximum atomic E-state index is 12.1. The van der Waals surface area contributed by atoms with Crippen LogP contribution in [0.25, 0.3) is 0 Å². The molecule has 2 atom stereocenters. The molecular formula is C15H22N4O3. The molecule has 1 aliphatic heterocycles. The van der Waals surface area contributed by atoms with Gasteiger partial charge in [0.2, 0.25) is 5.91 Å². The van der Waals surface area contributed by atoms with Gasteiger partial charge in [0.15, 0.2) is 0 Å². The van der Waals surface area contributed by atoms with E-state index in [4.69, 9.17) is 4.74 Å². The molecule has 2 heterocycles. The third-order valence-corrected chi connectivity index (χ3v) is 3.58. The van der Waals surface area contributed by atoms with E-state index < -0.39 is 6.10 Å². The van der Waals surface area contributed by atoms with Gasteiger partial charge in [0, 0.05) is 25.0 Å². The number of rotatable bonds is 5. The minimum absolute atomic E-state index is 0.105. The highest BCUT2D eigenvalue weighted by Crippen LogP contribution is 2.21. The summed E-state index contributed by atoms with van der Waals surface area (Å²) in [5.41, 5.74) is 0.599. The fraction of sp³-hybridized carbons (Fsp3) is 0.533. The van der Waals surface area contributed by atoms with Crippen molar-refractivity contribution in [1.29, 1.82) is 0 Å². The van der Waals surface area contributed by atoms with Crippen molar-refractivity contribution in [3.05, 3.63) is 18.3 Å². The Balaban J connectivity index is 2.02. The topological polar surface area (TPSA) is 83.6 Å². The quantitative estimate of drug-likeness (QED) is 0.839. The van der Waals surface area contributed by atoms with Gasteiger partial charge in [-0.25, -0.2) is 4.98 Å². The van der Waals surface area contributed by atoms with E-state index in [1.807, 2.05) is 6.92 Å². The number of carbonyl (C=O) groups excluding carboxylic acids is 2. The van der Waals surface area contributed by atoms with Gasteiger partial charge in [0.05, 0.1) is 12.6 Å². The fourth-order valence-electron chi connectivity index (χ4n) is 2.30. The number of likely N-dealkylation sites (N-methyl/N-ethyl adjacent to an activating group) is 2. The van der Waals surface area contributed by atoms with Gasteiger partial charge in [-0.2, -0.15) is 0 Å². The van der Waals surface area contributed by atoms with Gasteiger partial charge in [-0.05, 0) is 32.9 Å². The molecule has 2 amide bonds. The molecule has 0 aromatic carbocycles. The van der Waals surface area contributed by atoms with Crippen molar-refractivity contribution < 1.29 is 14.3 Å². The highest BCUT2D eigenvalue weighted by atomic mass is 16.5. The maximum Gasteiger partial charge on any atom is 0.253 e. The van der Waals surface area contributed by atoms with Crippen molar-refractivity contribution in [2.45, 2.75) is 32.0 Å². The summed E-state index contributed by atoms with van der Waals surface area (Å²) in [5, 5.41) is 5.61. The molecule has 120 valence electrons. The zero-order chi connectivity index (χ0) is 16.1. The van der Waals surface area contributed by atoms with Crippen LogP contribution in [0.15, 0.2) is 18.3 Å². The number of ether oxygens (including phenoxy) is 1. The predicted molar refractivity (Wildman–Crippen MR) is 83.8 cm³/mol. The second-order valence-electron chi connectivity index (χ2n) is 5.39. The molecular weight excluding hydrogens is 284 g/mol. The van der Waals surface area contributed by atoms with Gasteiger partial charge in [0.1, 0.15) is 11.9 Å². The summed E-state index contributed by atoms with van der Waals surface area (Å²) in [5.74, 6) is 0.218. The van der Waals surface area contributed by atoms with E-state index in [-0.39, 0.29) is 24.5 Å². The molecule has 0 radical (unpaired) electrons. The molecule has 0 aliphatic carbocycles. The molecule has 2 unspecified atom stereocenters. The van der Waals surface area contributed by atoms with Crippen LogP contribution in [0.2, 0.25) is 0 Å². The number of nitrogens with zero attached hydrogens (tertiary/aromatic N) is 2. The smallest absolute Gasteiger partial charge is 0.253 e. The first kappa shape index (κ1) is 16.4. The van der Waals surface area contributed by atoms with Crippen molar-refractivity contribution >= 4 is 23.3 Å². The van der Waals surface area contributed by atoms with Crippen molar-refractivity contribution in [2.75, 3.05) is 30.9 Å². The summed E-state index contributed by atoms with van der Waals surface area (Å²) in [7, 11) is 3.35. The molecule has 1 aliphatic rings. The Morgan fingerprint density at radius 3 is 2.86 bits per heavy atom. The Labute approximate surface area is 130 Å². The monoisotopic (exact) mass is 306 g/mol. The first-order valence-corrected chi connectivity index (χ1v) is 7.34. The first-order chi connectivity index (χ1) is 10.5. The highest BCUT2D eigenvalue weighted by Gasteiger charge is 2.28. The van der Waals surface area contributed by atoms with Crippen LogP contribution < -0.4 is 15.5 Å². The molecule has 2 rings (SSSR count). The van der Waals surface area contributed by atoms with Crippen LogP contribution in [0.1, 0.15) is 19.8 Å². The molecule has 0 saturated carbocycles. The van der Waals surface area contributed by atoms with E-state index >= 15 is 0 Å². The van der Waals surface area contributed by atoms with E-state index in [1.165, 1.54) is 4.90 Å². The zero-order valence-corrected chi connectivity index (χ0v) is 13.1. The molecule has 22 heavy (non-hydrogen) atoms. The molecule has 7 nitrogen and oxygen atoms in total. The Bertz CT molecular complexity index is 549. The van der Waals surface area contributed by atoms with E-state index in [1.54, 1.807) is 32.4 Å².